The summed E-state index contributed by atoms with van der Waals surface area (Å²) in [6.45, 7) is 2.68. The fourth-order valence-electron chi connectivity index (χ4n) is 1.40. The van der Waals surface area contributed by atoms with E-state index in [0.29, 0.717) is 24.0 Å². The number of aromatic nitrogens is 2. The molecule has 100 valence electrons. The van der Waals surface area contributed by atoms with Crippen LogP contribution in [0, 0.1) is 0 Å². The molecule has 2 aromatic rings. The lowest BCUT2D eigenvalue weighted by molar-refractivity contribution is 0.0942. The first-order valence-corrected chi connectivity index (χ1v) is 6.17. The summed E-state index contributed by atoms with van der Waals surface area (Å²) in [7, 11) is 0. The molecule has 1 aromatic carbocycles. The minimum atomic E-state index is -0.344. The van der Waals surface area contributed by atoms with Crippen LogP contribution in [-0.2, 0) is 6.54 Å². The third-order valence-corrected chi connectivity index (χ3v) is 2.55. The molecule has 6 nitrogen and oxygen atoms in total. The van der Waals surface area contributed by atoms with E-state index in [1.165, 1.54) is 0 Å². The Labute approximate surface area is 115 Å². The summed E-state index contributed by atoms with van der Waals surface area (Å²) >= 11 is 5.78. The van der Waals surface area contributed by atoms with Crippen molar-refractivity contribution in [3.8, 4) is 0 Å². The van der Waals surface area contributed by atoms with E-state index in [1.54, 1.807) is 12.1 Å². The molecule has 0 saturated carbocycles. The average Bonchev–Trinajstić information content (AvgIpc) is 2.87. The number of rotatable bonds is 5. The molecular weight excluding hydrogens is 268 g/mol. The topological polar surface area (TPSA) is 80.0 Å². The van der Waals surface area contributed by atoms with Crippen LogP contribution >= 0.6 is 11.6 Å². The monoisotopic (exact) mass is 280 g/mol. The molecule has 0 unspecified atom stereocenters. The molecule has 0 fully saturated rings. The second kappa shape index (κ2) is 6.19. The van der Waals surface area contributed by atoms with Gasteiger partial charge in [-0.15, -0.1) is 0 Å². The highest BCUT2D eigenvalue weighted by Crippen LogP contribution is 2.14. The van der Waals surface area contributed by atoms with E-state index in [9.17, 15) is 4.79 Å². The zero-order chi connectivity index (χ0) is 13.7. The standard InChI is InChI=1S/C12H13ClN4O2/c1-2-14-12(18)11-16-10(19-17-11)7-15-9-5-3-8(13)4-6-9/h3-6,15H,2,7H2,1H3,(H,14,18). The van der Waals surface area contributed by atoms with E-state index in [2.05, 4.69) is 20.8 Å². The molecule has 2 rings (SSSR count). The van der Waals surface area contributed by atoms with Gasteiger partial charge in [0.15, 0.2) is 0 Å². The van der Waals surface area contributed by atoms with E-state index >= 15 is 0 Å². The third kappa shape index (κ3) is 3.69. The summed E-state index contributed by atoms with van der Waals surface area (Å²) < 4.78 is 4.97. The Hall–Kier alpha value is -2.08. The number of carbonyl (C=O) groups excluding carboxylic acids is 1. The van der Waals surface area contributed by atoms with Crippen molar-refractivity contribution >= 4 is 23.2 Å². The van der Waals surface area contributed by atoms with E-state index in [1.807, 2.05) is 19.1 Å². The fraction of sp³-hybridized carbons (Fsp3) is 0.250. The number of amides is 1. The Morgan fingerprint density at radius 1 is 1.37 bits per heavy atom. The van der Waals surface area contributed by atoms with Crippen LogP contribution in [0.3, 0.4) is 0 Å². The second-order valence-electron chi connectivity index (χ2n) is 3.73. The van der Waals surface area contributed by atoms with Crippen molar-refractivity contribution in [3.05, 3.63) is 41.0 Å². The summed E-state index contributed by atoms with van der Waals surface area (Å²) in [5.74, 6) is 0.0370. The molecule has 0 spiro atoms. The number of benzene rings is 1. The lowest BCUT2D eigenvalue weighted by Gasteiger charge is -2.02. The molecule has 0 bridgehead atoms. The van der Waals surface area contributed by atoms with Crippen molar-refractivity contribution in [1.29, 1.82) is 0 Å². The highest BCUT2D eigenvalue weighted by molar-refractivity contribution is 6.30. The van der Waals surface area contributed by atoms with Crippen molar-refractivity contribution in [1.82, 2.24) is 15.5 Å². The van der Waals surface area contributed by atoms with Crippen molar-refractivity contribution in [3.63, 3.8) is 0 Å². The SMILES string of the molecule is CCNC(=O)c1noc(CNc2ccc(Cl)cc2)n1. The van der Waals surface area contributed by atoms with Gasteiger partial charge in [0, 0.05) is 17.3 Å². The number of hydrogen-bond donors (Lipinski definition) is 2. The molecule has 2 N–H and O–H groups in total. The number of hydrogen-bond acceptors (Lipinski definition) is 5. The first-order valence-electron chi connectivity index (χ1n) is 5.79. The number of anilines is 1. The highest BCUT2D eigenvalue weighted by atomic mass is 35.5. The highest BCUT2D eigenvalue weighted by Gasteiger charge is 2.13. The normalized spacial score (nSPS) is 10.2. The minimum absolute atomic E-state index is 0.0368. The van der Waals surface area contributed by atoms with E-state index in [-0.39, 0.29) is 11.7 Å². The molecule has 1 aromatic heterocycles. The maximum Gasteiger partial charge on any atom is 0.292 e. The van der Waals surface area contributed by atoms with E-state index < -0.39 is 0 Å². The number of nitrogens with zero attached hydrogens (tertiary/aromatic N) is 2. The van der Waals surface area contributed by atoms with Crippen LogP contribution in [0.2, 0.25) is 5.02 Å². The number of halogens is 1. The van der Waals surface area contributed by atoms with Crippen molar-refractivity contribution in [2.45, 2.75) is 13.5 Å². The minimum Gasteiger partial charge on any atom is -0.376 e. The number of nitrogens with one attached hydrogen (secondary N) is 2. The van der Waals surface area contributed by atoms with Crippen LogP contribution in [0.15, 0.2) is 28.8 Å². The Bertz CT molecular complexity index is 553. The maximum atomic E-state index is 11.4. The molecule has 1 heterocycles. The van der Waals surface area contributed by atoms with Crippen molar-refractivity contribution in [2.75, 3.05) is 11.9 Å². The Morgan fingerprint density at radius 2 is 2.11 bits per heavy atom. The molecule has 19 heavy (non-hydrogen) atoms. The number of carbonyl (C=O) groups is 1. The summed E-state index contributed by atoms with van der Waals surface area (Å²) in [5, 5.41) is 9.95. The van der Waals surface area contributed by atoms with Crippen LogP contribution in [0.5, 0.6) is 0 Å². The molecule has 0 radical (unpaired) electrons. The van der Waals surface area contributed by atoms with Gasteiger partial charge in [-0.05, 0) is 31.2 Å². The smallest absolute Gasteiger partial charge is 0.292 e. The summed E-state index contributed by atoms with van der Waals surface area (Å²) in [6.07, 6.45) is 0. The zero-order valence-electron chi connectivity index (χ0n) is 10.3. The lowest BCUT2D eigenvalue weighted by atomic mass is 10.3. The molecule has 0 aliphatic rings. The second-order valence-corrected chi connectivity index (χ2v) is 4.17. The third-order valence-electron chi connectivity index (χ3n) is 2.30. The van der Waals surface area contributed by atoms with Gasteiger partial charge >= 0.3 is 0 Å². The molecular formula is C12H13ClN4O2. The van der Waals surface area contributed by atoms with Crippen molar-refractivity contribution < 1.29 is 9.32 Å². The Kier molecular flexibility index (Phi) is 4.35. The average molecular weight is 281 g/mol. The van der Waals surface area contributed by atoms with Gasteiger partial charge in [0.2, 0.25) is 5.89 Å². The summed E-state index contributed by atoms with van der Waals surface area (Å²) in [5.41, 5.74) is 0.877. The van der Waals surface area contributed by atoms with Crippen LogP contribution in [0.25, 0.3) is 0 Å². The Balaban J connectivity index is 1.93. The summed E-state index contributed by atoms with van der Waals surface area (Å²) in [4.78, 5) is 15.4. The van der Waals surface area contributed by atoms with Crippen LogP contribution in [0.4, 0.5) is 5.69 Å². The van der Waals surface area contributed by atoms with Gasteiger partial charge in [0.1, 0.15) is 0 Å². The first kappa shape index (κ1) is 13.4. The van der Waals surface area contributed by atoms with Gasteiger partial charge in [-0.3, -0.25) is 4.79 Å². The summed E-state index contributed by atoms with van der Waals surface area (Å²) in [6, 6.07) is 7.22. The van der Waals surface area contributed by atoms with Gasteiger partial charge in [0.25, 0.3) is 11.7 Å². The molecule has 0 atom stereocenters. The molecule has 0 aliphatic carbocycles. The molecule has 7 heteroatoms. The molecule has 0 aliphatic heterocycles. The van der Waals surface area contributed by atoms with Gasteiger partial charge in [-0.1, -0.05) is 16.8 Å². The van der Waals surface area contributed by atoms with E-state index in [0.717, 1.165) is 5.69 Å². The van der Waals surface area contributed by atoms with Crippen molar-refractivity contribution in [2.24, 2.45) is 0 Å². The lowest BCUT2D eigenvalue weighted by Crippen LogP contribution is -2.23. The van der Waals surface area contributed by atoms with Gasteiger partial charge in [-0.25, -0.2) is 0 Å². The van der Waals surface area contributed by atoms with Crippen LogP contribution in [0.1, 0.15) is 23.4 Å². The maximum absolute atomic E-state index is 11.4. The van der Waals surface area contributed by atoms with Gasteiger partial charge in [-0.2, -0.15) is 4.98 Å². The van der Waals surface area contributed by atoms with Crippen LogP contribution < -0.4 is 10.6 Å². The van der Waals surface area contributed by atoms with Gasteiger partial charge < -0.3 is 15.2 Å². The molecule has 0 saturated heterocycles. The Morgan fingerprint density at radius 3 is 2.79 bits per heavy atom. The largest absolute Gasteiger partial charge is 0.376 e. The van der Waals surface area contributed by atoms with E-state index in [4.69, 9.17) is 16.1 Å². The molecule has 1 amide bonds. The van der Waals surface area contributed by atoms with Crippen LogP contribution in [-0.4, -0.2) is 22.6 Å². The fourth-order valence-corrected chi connectivity index (χ4v) is 1.53. The zero-order valence-corrected chi connectivity index (χ0v) is 11.1. The quantitative estimate of drug-likeness (QED) is 0.876. The van der Waals surface area contributed by atoms with Gasteiger partial charge in [0.05, 0.1) is 6.54 Å². The predicted octanol–water partition coefficient (Wildman–Crippen LogP) is 2.08. The first-order chi connectivity index (χ1) is 9.19. The predicted molar refractivity (Wildman–Crippen MR) is 71.1 cm³/mol.